The van der Waals surface area contributed by atoms with Crippen molar-refractivity contribution >= 4 is 17.0 Å². The van der Waals surface area contributed by atoms with Crippen LogP contribution < -0.4 is 4.74 Å². The minimum Gasteiger partial charge on any atom is -0.497 e. The molecule has 0 radical (unpaired) electrons. The van der Waals surface area contributed by atoms with Gasteiger partial charge in [-0.25, -0.2) is 4.98 Å². The van der Waals surface area contributed by atoms with E-state index in [-0.39, 0.29) is 6.42 Å². The smallest absolute Gasteiger partial charge is 0.303 e. The fourth-order valence-corrected chi connectivity index (χ4v) is 4.27. The zero-order valence-electron chi connectivity index (χ0n) is 19.6. The van der Waals surface area contributed by atoms with Crippen LogP contribution in [0.25, 0.3) is 45.3 Å². The summed E-state index contributed by atoms with van der Waals surface area (Å²) in [6.45, 7) is 4.04. The van der Waals surface area contributed by atoms with Gasteiger partial charge < -0.3 is 19.2 Å². The van der Waals surface area contributed by atoms with E-state index < -0.39 is 5.97 Å². The number of carbonyl (C=O) groups is 1. The van der Waals surface area contributed by atoms with E-state index in [2.05, 4.69) is 15.2 Å². The molecule has 5 rings (SSSR count). The molecule has 3 aromatic carbocycles. The Balaban J connectivity index is 1.44. The van der Waals surface area contributed by atoms with Crippen LogP contribution in [0.5, 0.6) is 5.75 Å². The van der Waals surface area contributed by atoms with Gasteiger partial charge in [-0.2, -0.15) is 0 Å². The normalized spacial score (nSPS) is 11.2. The van der Waals surface area contributed by atoms with Gasteiger partial charge in [0.25, 0.3) is 0 Å². The number of carboxylic acids is 1. The Kier molecular flexibility index (Phi) is 5.78. The number of nitrogens with zero attached hydrogens (tertiary/aromatic N) is 3. The molecule has 0 spiro atoms. The Labute approximate surface area is 201 Å². The van der Waals surface area contributed by atoms with Crippen LogP contribution in [0.1, 0.15) is 23.1 Å². The van der Waals surface area contributed by atoms with E-state index in [9.17, 15) is 4.79 Å². The Morgan fingerprint density at radius 3 is 2.29 bits per heavy atom. The molecule has 8 heteroatoms. The van der Waals surface area contributed by atoms with Gasteiger partial charge in [0.2, 0.25) is 11.8 Å². The second kappa shape index (κ2) is 9.06. The molecular formula is C27H24N4O4. The highest BCUT2D eigenvalue weighted by molar-refractivity contribution is 5.84. The summed E-state index contributed by atoms with van der Waals surface area (Å²) in [5, 5.41) is 17.4. The second-order valence-corrected chi connectivity index (χ2v) is 8.46. The summed E-state index contributed by atoms with van der Waals surface area (Å²) in [6, 6.07) is 17.3. The van der Waals surface area contributed by atoms with Crippen molar-refractivity contribution in [1.82, 2.24) is 20.2 Å². The number of H-pyrrole nitrogens is 1. The molecule has 0 aliphatic rings. The number of aromatic nitrogens is 4. The zero-order chi connectivity index (χ0) is 24.5. The maximum absolute atomic E-state index is 10.9. The second-order valence-electron chi connectivity index (χ2n) is 8.46. The van der Waals surface area contributed by atoms with Gasteiger partial charge in [-0.05, 0) is 79.4 Å². The molecule has 0 unspecified atom stereocenters. The van der Waals surface area contributed by atoms with E-state index in [4.69, 9.17) is 19.2 Å². The molecule has 5 aromatic rings. The summed E-state index contributed by atoms with van der Waals surface area (Å²) in [4.78, 5) is 19.1. The number of aromatic amines is 1. The Morgan fingerprint density at radius 1 is 0.971 bits per heavy atom. The zero-order valence-corrected chi connectivity index (χ0v) is 19.6. The summed E-state index contributed by atoms with van der Waals surface area (Å²) in [7, 11) is 1.62. The molecule has 8 nitrogen and oxygen atoms in total. The average Bonchev–Trinajstić information content (AvgIpc) is 3.49. The third-order valence-electron chi connectivity index (χ3n) is 5.95. The number of aryl methyl sites for hydroxylation is 3. The maximum atomic E-state index is 10.9. The first-order valence-electron chi connectivity index (χ1n) is 11.2. The van der Waals surface area contributed by atoms with Crippen LogP contribution in [0.15, 0.2) is 59.0 Å². The number of nitrogens with one attached hydrogen (secondary N) is 1. The average molecular weight is 469 g/mol. The number of imidazole rings is 1. The number of carboxylic acid groups (broad SMARTS) is 1. The number of methoxy groups -OCH3 is 1. The molecule has 0 saturated heterocycles. The summed E-state index contributed by atoms with van der Waals surface area (Å²) < 4.78 is 11.1. The lowest BCUT2D eigenvalue weighted by atomic mass is 9.97. The summed E-state index contributed by atoms with van der Waals surface area (Å²) in [5.41, 5.74) is 7.40. The highest BCUT2D eigenvalue weighted by Gasteiger charge is 2.15. The van der Waals surface area contributed by atoms with Crippen molar-refractivity contribution < 1.29 is 19.1 Å². The number of rotatable bonds is 7. The van der Waals surface area contributed by atoms with E-state index in [0.717, 1.165) is 56.0 Å². The van der Waals surface area contributed by atoms with E-state index in [1.807, 2.05) is 68.4 Å². The third kappa shape index (κ3) is 4.50. The topological polar surface area (TPSA) is 114 Å². The molecule has 0 amide bonds. The molecule has 0 fully saturated rings. The Morgan fingerprint density at radius 2 is 1.63 bits per heavy atom. The standard InChI is InChI=1S/C27H24N4O4/c1-15-12-17(4-11-23(32)33)13-16(2)24(15)25-28-21-10-7-19(14-22(21)29-25)27-31-30-26(35-27)18-5-8-20(34-3)9-6-18/h5-10,12-14H,4,11H2,1-3H3,(H,28,29)(H,32,33). The van der Waals surface area contributed by atoms with Crippen molar-refractivity contribution in [2.75, 3.05) is 7.11 Å². The first-order chi connectivity index (χ1) is 16.9. The van der Waals surface area contributed by atoms with Crippen LogP contribution in [-0.4, -0.2) is 38.4 Å². The molecular weight excluding hydrogens is 444 g/mol. The van der Waals surface area contributed by atoms with Crippen LogP contribution in [0.3, 0.4) is 0 Å². The van der Waals surface area contributed by atoms with Crippen molar-refractivity contribution in [2.45, 2.75) is 26.7 Å². The molecule has 2 aromatic heterocycles. The summed E-state index contributed by atoms with van der Waals surface area (Å²) in [5.74, 6) is 1.58. The number of fused-ring (bicyclic) bond motifs is 1. The SMILES string of the molecule is COc1ccc(-c2nnc(-c3ccc4nc(-c5c(C)cc(CCC(=O)O)cc5C)[nH]c4c3)o2)cc1. The quantitative estimate of drug-likeness (QED) is 0.320. The van der Waals surface area contributed by atoms with E-state index in [1.165, 1.54) is 0 Å². The van der Waals surface area contributed by atoms with Crippen molar-refractivity contribution in [3.05, 3.63) is 71.3 Å². The van der Waals surface area contributed by atoms with Gasteiger partial charge in [0.1, 0.15) is 11.6 Å². The highest BCUT2D eigenvalue weighted by Crippen LogP contribution is 2.31. The van der Waals surface area contributed by atoms with Crippen LogP contribution in [0, 0.1) is 13.8 Å². The number of ether oxygens (including phenoxy) is 1. The Hall–Kier alpha value is -4.46. The number of hydrogen-bond acceptors (Lipinski definition) is 6. The fraction of sp³-hybridized carbons (Fsp3) is 0.185. The lowest BCUT2D eigenvalue weighted by Crippen LogP contribution is -1.99. The molecule has 35 heavy (non-hydrogen) atoms. The van der Waals surface area contributed by atoms with Gasteiger partial charge in [-0.15, -0.1) is 10.2 Å². The molecule has 0 aliphatic carbocycles. The van der Waals surface area contributed by atoms with Crippen molar-refractivity contribution in [2.24, 2.45) is 0 Å². The van der Waals surface area contributed by atoms with E-state index in [1.54, 1.807) is 7.11 Å². The Bertz CT molecular complexity index is 1510. The molecule has 2 N–H and O–H groups in total. The predicted molar refractivity (Wildman–Crippen MR) is 132 cm³/mol. The van der Waals surface area contributed by atoms with Gasteiger partial charge in [-0.1, -0.05) is 12.1 Å². The minimum absolute atomic E-state index is 0.113. The molecule has 0 atom stereocenters. The van der Waals surface area contributed by atoms with E-state index in [0.29, 0.717) is 18.2 Å². The van der Waals surface area contributed by atoms with Gasteiger partial charge in [0.05, 0.1) is 18.1 Å². The first-order valence-corrected chi connectivity index (χ1v) is 11.2. The first kappa shape index (κ1) is 22.3. The van der Waals surface area contributed by atoms with Gasteiger partial charge in [0, 0.05) is 23.1 Å². The minimum atomic E-state index is -0.796. The number of hydrogen-bond donors (Lipinski definition) is 2. The summed E-state index contributed by atoms with van der Waals surface area (Å²) in [6.07, 6.45) is 0.616. The highest BCUT2D eigenvalue weighted by atomic mass is 16.5. The van der Waals surface area contributed by atoms with Crippen molar-refractivity contribution in [1.29, 1.82) is 0 Å². The lowest BCUT2D eigenvalue weighted by molar-refractivity contribution is -0.136. The van der Waals surface area contributed by atoms with Crippen LogP contribution in [-0.2, 0) is 11.2 Å². The number of benzene rings is 3. The molecule has 0 saturated carbocycles. The molecule has 0 aliphatic heterocycles. The largest absolute Gasteiger partial charge is 0.497 e. The maximum Gasteiger partial charge on any atom is 0.303 e. The van der Waals surface area contributed by atoms with Gasteiger partial charge in [-0.3, -0.25) is 4.79 Å². The van der Waals surface area contributed by atoms with Crippen molar-refractivity contribution in [3.63, 3.8) is 0 Å². The van der Waals surface area contributed by atoms with E-state index >= 15 is 0 Å². The third-order valence-corrected chi connectivity index (χ3v) is 5.95. The predicted octanol–water partition coefficient (Wildman–Crippen LogP) is 5.59. The molecule has 2 heterocycles. The fourth-order valence-electron chi connectivity index (χ4n) is 4.27. The summed E-state index contributed by atoms with van der Waals surface area (Å²) >= 11 is 0. The van der Waals surface area contributed by atoms with Crippen LogP contribution in [0.2, 0.25) is 0 Å². The van der Waals surface area contributed by atoms with Crippen molar-refractivity contribution in [3.8, 4) is 40.0 Å². The molecule has 0 bridgehead atoms. The molecule has 176 valence electrons. The van der Waals surface area contributed by atoms with Crippen LogP contribution >= 0.6 is 0 Å². The monoisotopic (exact) mass is 468 g/mol. The van der Waals surface area contributed by atoms with Gasteiger partial charge >= 0.3 is 5.97 Å². The van der Waals surface area contributed by atoms with Crippen LogP contribution in [0.4, 0.5) is 0 Å². The lowest BCUT2D eigenvalue weighted by Gasteiger charge is -2.10. The van der Waals surface area contributed by atoms with Gasteiger partial charge in [0.15, 0.2) is 0 Å². The number of aliphatic carboxylic acids is 1.